The van der Waals surface area contributed by atoms with Crippen molar-refractivity contribution in [3.63, 3.8) is 0 Å². The summed E-state index contributed by atoms with van der Waals surface area (Å²) >= 11 is 1.94. The van der Waals surface area contributed by atoms with E-state index < -0.39 is 0 Å². The smallest absolute Gasteiger partial charge is 0.0610 e. The predicted molar refractivity (Wildman–Crippen MR) is 78.9 cm³/mol. The van der Waals surface area contributed by atoms with Gasteiger partial charge in [-0.1, -0.05) is 30.3 Å². The van der Waals surface area contributed by atoms with E-state index in [1.807, 2.05) is 11.8 Å². The summed E-state index contributed by atoms with van der Waals surface area (Å²) in [4.78, 5) is 0. The Morgan fingerprint density at radius 2 is 2.06 bits per heavy atom. The van der Waals surface area contributed by atoms with Gasteiger partial charge in [-0.2, -0.15) is 11.8 Å². The van der Waals surface area contributed by atoms with Crippen LogP contribution in [-0.2, 0) is 5.75 Å². The highest BCUT2D eigenvalue weighted by Crippen LogP contribution is 2.25. The summed E-state index contributed by atoms with van der Waals surface area (Å²) in [5, 5.41) is 13.1. The van der Waals surface area contributed by atoms with Gasteiger partial charge in [-0.15, -0.1) is 0 Å². The second-order valence-corrected chi connectivity index (χ2v) is 6.53. The lowest BCUT2D eigenvalue weighted by Crippen LogP contribution is -2.47. The first-order valence-electron chi connectivity index (χ1n) is 6.72. The first kappa shape index (κ1) is 13.9. The molecule has 1 aromatic carbocycles. The van der Waals surface area contributed by atoms with Crippen LogP contribution in [0.1, 0.15) is 31.7 Å². The summed E-state index contributed by atoms with van der Waals surface area (Å²) in [5.74, 6) is 2.15. The van der Waals surface area contributed by atoms with Crippen molar-refractivity contribution in [3.8, 4) is 0 Å². The van der Waals surface area contributed by atoms with Crippen molar-refractivity contribution >= 4 is 11.8 Å². The molecule has 0 saturated heterocycles. The number of nitrogens with one attached hydrogen (secondary N) is 1. The summed E-state index contributed by atoms with van der Waals surface area (Å²) in [6.07, 6.45) is 3.57. The van der Waals surface area contributed by atoms with Crippen LogP contribution in [0.2, 0.25) is 0 Å². The Bertz CT molecular complexity index is 353. The molecular formula is C15H23NOS. The van der Waals surface area contributed by atoms with E-state index in [9.17, 15) is 5.11 Å². The highest BCUT2D eigenvalue weighted by atomic mass is 32.2. The van der Waals surface area contributed by atoms with Gasteiger partial charge in [-0.3, -0.25) is 0 Å². The maximum Gasteiger partial charge on any atom is 0.0610 e. The highest BCUT2D eigenvalue weighted by Gasteiger charge is 2.31. The van der Waals surface area contributed by atoms with Crippen LogP contribution >= 0.6 is 11.8 Å². The highest BCUT2D eigenvalue weighted by molar-refractivity contribution is 7.98. The molecule has 1 fully saturated rings. The fourth-order valence-electron chi connectivity index (χ4n) is 1.98. The first-order chi connectivity index (χ1) is 8.72. The van der Waals surface area contributed by atoms with Crippen LogP contribution in [0.3, 0.4) is 0 Å². The van der Waals surface area contributed by atoms with Crippen LogP contribution < -0.4 is 5.32 Å². The SMILES string of the molecule is CC(CO)(CCSCc1ccccc1)NC1CC1. The molecular weight excluding hydrogens is 242 g/mol. The molecule has 1 aliphatic rings. The standard InChI is InChI=1S/C15H23NOS/c1-15(12-17,16-14-7-8-14)9-10-18-11-13-5-3-2-4-6-13/h2-6,14,16-17H,7-12H2,1H3. The van der Waals surface area contributed by atoms with Gasteiger partial charge in [0, 0.05) is 17.3 Å². The number of benzene rings is 1. The number of aliphatic hydroxyl groups is 1. The fourth-order valence-corrected chi connectivity index (χ4v) is 3.15. The van der Waals surface area contributed by atoms with Crippen molar-refractivity contribution in [3.05, 3.63) is 35.9 Å². The van der Waals surface area contributed by atoms with E-state index in [0.717, 1.165) is 17.9 Å². The first-order valence-corrected chi connectivity index (χ1v) is 7.87. The van der Waals surface area contributed by atoms with Crippen LogP contribution in [0.4, 0.5) is 0 Å². The van der Waals surface area contributed by atoms with Gasteiger partial charge in [0.05, 0.1) is 6.61 Å². The molecule has 18 heavy (non-hydrogen) atoms. The van der Waals surface area contributed by atoms with Crippen molar-refractivity contribution in [2.24, 2.45) is 0 Å². The van der Waals surface area contributed by atoms with E-state index in [1.165, 1.54) is 18.4 Å². The second kappa shape index (κ2) is 6.60. The maximum atomic E-state index is 9.51. The Hall–Kier alpha value is -0.510. The summed E-state index contributed by atoms with van der Waals surface area (Å²) in [7, 11) is 0. The van der Waals surface area contributed by atoms with Crippen LogP contribution in [0.25, 0.3) is 0 Å². The molecule has 0 aromatic heterocycles. The third-order valence-corrected chi connectivity index (χ3v) is 4.42. The number of aliphatic hydroxyl groups excluding tert-OH is 1. The quantitative estimate of drug-likeness (QED) is 0.709. The Kier molecular flexibility index (Phi) is 5.10. The van der Waals surface area contributed by atoms with E-state index in [1.54, 1.807) is 0 Å². The van der Waals surface area contributed by atoms with E-state index in [2.05, 4.69) is 42.6 Å². The molecule has 100 valence electrons. The molecule has 1 saturated carbocycles. The largest absolute Gasteiger partial charge is 0.394 e. The number of rotatable bonds is 8. The molecule has 1 aromatic rings. The summed E-state index contributed by atoms with van der Waals surface area (Å²) in [6.45, 7) is 2.36. The Morgan fingerprint density at radius 1 is 1.33 bits per heavy atom. The van der Waals surface area contributed by atoms with Crippen molar-refractivity contribution in [1.82, 2.24) is 5.32 Å². The average Bonchev–Trinajstić information content (AvgIpc) is 3.20. The van der Waals surface area contributed by atoms with Crippen molar-refractivity contribution in [2.45, 2.75) is 43.5 Å². The van der Waals surface area contributed by atoms with Crippen LogP contribution in [0.15, 0.2) is 30.3 Å². The van der Waals surface area contributed by atoms with Crippen molar-refractivity contribution < 1.29 is 5.11 Å². The van der Waals surface area contributed by atoms with Crippen LogP contribution in [-0.4, -0.2) is 29.0 Å². The van der Waals surface area contributed by atoms with Gasteiger partial charge in [0.2, 0.25) is 0 Å². The van der Waals surface area contributed by atoms with Gasteiger partial charge < -0.3 is 10.4 Å². The molecule has 2 nitrogen and oxygen atoms in total. The molecule has 0 bridgehead atoms. The van der Waals surface area contributed by atoms with Gasteiger partial charge in [0.1, 0.15) is 0 Å². The van der Waals surface area contributed by atoms with Gasteiger partial charge in [-0.25, -0.2) is 0 Å². The minimum atomic E-state index is -0.0924. The van der Waals surface area contributed by atoms with Gasteiger partial charge in [0.15, 0.2) is 0 Å². The van der Waals surface area contributed by atoms with Crippen molar-refractivity contribution in [2.75, 3.05) is 12.4 Å². The van der Waals surface area contributed by atoms with E-state index in [-0.39, 0.29) is 12.1 Å². The number of hydrogen-bond donors (Lipinski definition) is 2. The molecule has 3 heteroatoms. The number of thioether (sulfide) groups is 1. The maximum absolute atomic E-state index is 9.51. The summed E-state index contributed by atoms with van der Waals surface area (Å²) in [6, 6.07) is 11.2. The normalized spacial score (nSPS) is 18.6. The topological polar surface area (TPSA) is 32.3 Å². The molecule has 0 spiro atoms. The minimum Gasteiger partial charge on any atom is -0.394 e. The van der Waals surface area contributed by atoms with E-state index in [4.69, 9.17) is 0 Å². The molecule has 1 atom stereocenters. The van der Waals surface area contributed by atoms with Crippen molar-refractivity contribution in [1.29, 1.82) is 0 Å². The molecule has 1 unspecified atom stereocenters. The lowest BCUT2D eigenvalue weighted by atomic mass is 10.0. The van der Waals surface area contributed by atoms with Crippen LogP contribution in [0.5, 0.6) is 0 Å². The van der Waals surface area contributed by atoms with E-state index in [0.29, 0.717) is 6.04 Å². The second-order valence-electron chi connectivity index (χ2n) is 5.43. The van der Waals surface area contributed by atoms with Gasteiger partial charge in [0.25, 0.3) is 0 Å². The van der Waals surface area contributed by atoms with E-state index >= 15 is 0 Å². The Labute approximate surface area is 114 Å². The molecule has 0 aliphatic heterocycles. The van der Waals surface area contributed by atoms with Gasteiger partial charge >= 0.3 is 0 Å². The molecule has 0 radical (unpaired) electrons. The third kappa shape index (κ3) is 4.63. The zero-order valence-electron chi connectivity index (χ0n) is 11.1. The zero-order chi connectivity index (χ0) is 12.8. The minimum absolute atomic E-state index is 0.0924. The number of hydrogen-bond acceptors (Lipinski definition) is 3. The molecule has 0 amide bonds. The van der Waals surface area contributed by atoms with Gasteiger partial charge in [-0.05, 0) is 37.5 Å². The lowest BCUT2D eigenvalue weighted by molar-refractivity contribution is 0.169. The summed E-state index contributed by atoms with van der Waals surface area (Å²) < 4.78 is 0. The fraction of sp³-hybridized carbons (Fsp3) is 0.600. The molecule has 2 rings (SSSR count). The summed E-state index contributed by atoms with van der Waals surface area (Å²) in [5.41, 5.74) is 1.29. The monoisotopic (exact) mass is 265 g/mol. The lowest BCUT2D eigenvalue weighted by Gasteiger charge is -2.28. The Morgan fingerprint density at radius 3 is 2.67 bits per heavy atom. The third-order valence-electron chi connectivity index (χ3n) is 3.39. The van der Waals surface area contributed by atoms with Crippen LogP contribution in [0, 0.1) is 0 Å². The molecule has 2 N–H and O–H groups in total. The molecule has 0 heterocycles. The molecule has 1 aliphatic carbocycles. The zero-order valence-corrected chi connectivity index (χ0v) is 11.9. The predicted octanol–water partition coefficient (Wildman–Crippen LogP) is 2.81. The Balaban J connectivity index is 1.67. The average molecular weight is 265 g/mol.